The Morgan fingerprint density at radius 1 is 0.727 bits per heavy atom. The number of hydrogen-bond acceptors (Lipinski definition) is 5. The van der Waals surface area contributed by atoms with Gasteiger partial charge >= 0.3 is 12.4 Å². The van der Waals surface area contributed by atoms with Crippen LogP contribution in [0.3, 0.4) is 0 Å². The number of non-ortho nitro benzene ring substituents is 2. The van der Waals surface area contributed by atoms with Crippen LogP contribution in [-0.2, 0) is 25.2 Å². The van der Waals surface area contributed by atoms with E-state index in [0.29, 0.717) is 12.1 Å². The molecule has 180 valence electrons. The number of halogens is 8. The van der Waals surface area contributed by atoms with Crippen LogP contribution in [0.2, 0.25) is 0 Å². The van der Waals surface area contributed by atoms with Crippen molar-refractivity contribution in [1.82, 2.24) is 0 Å². The van der Waals surface area contributed by atoms with Crippen molar-refractivity contribution in [3.05, 3.63) is 75.7 Å². The summed E-state index contributed by atoms with van der Waals surface area (Å²) < 4.78 is 79.9. The van der Waals surface area contributed by atoms with Crippen molar-refractivity contribution in [1.29, 1.82) is 0 Å². The molecular formula is C18H12Br2F6N2O4S. The number of alkyl halides is 6. The number of hydrogen-bond donors (Lipinski definition) is 0. The summed E-state index contributed by atoms with van der Waals surface area (Å²) in [5, 5.41) is 21.7. The van der Waals surface area contributed by atoms with Crippen LogP contribution in [0.5, 0.6) is 0 Å². The number of benzene rings is 2. The molecule has 0 spiro atoms. The highest BCUT2D eigenvalue weighted by atomic mass is 79.9. The SMILES string of the molecule is O=[N+]([O-])c1cc(Br)c(CCSCCc2c(Br)cc([N+](=O)[O-])cc2C(F)(F)F)c(C(F)(F)F)c1. The molecule has 0 saturated carbocycles. The number of nitro groups is 2. The van der Waals surface area contributed by atoms with Crippen LogP contribution >= 0.6 is 43.6 Å². The molecule has 0 heterocycles. The Balaban J connectivity index is 2.15. The fourth-order valence-corrected chi connectivity index (χ4v) is 5.11. The average molecular weight is 626 g/mol. The van der Waals surface area contributed by atoms with E-state index < -0.39 is 44.7 Å². The van der Waals surface area contributed by atoms with Gasteiger partial charge in [0.2, 0.25) is 0 Å². The minimum Gasteiger partial charge on any atom is -0.258 e. The summed E-state index contributed by atoms with van der Waals surface area (Å²) in [5.41, 5.74) is -4.19. The number of rotatable bonds is 8. The van der Waals surface area contributed by atoms with Gasteiger partial charge in [-0.2, -0.15) is 38.1 Å². The van der Waals surface area contributed by atoms with Crippen molar-refractivity contribution in [3.63, 3.8) is 0 Å². The van der Waals surface area contributed by atoms with Crippen molar-refractivity contribution >= 4 is 55.0 Å². The standard InChI is InChI=1S/C18H12Br2F6N2O4S/c19-15-7-9(27(29)30)5-13(17(21,22)23)11(15)1-3-33-4-2-12-14(18(24,25)26)6-10(28(31)32)8-16(12)20/h5-8H,1-4H2. The van der Waals surface area contributed by atoms with Gasteiger partial charge in [-0.15, -0.1) is 0 Å². The number of nitrogens with zero attached hydrogens (tertiary/aromatic N) is 2. The van der Waals surface area contributed by atoms with Gasteiger partial charge in [0, 0.05) is 33.2 Å². The Kier molecular flexibility index (Phi) is 8.79. The molecule has 0 fully saturated rings. The normalized spacial score (nSPS) is 12.1. The average Bonchev–Trinajstić information content (AvgIpc) is 2.67. The van der Waals surface area contributed by atoms with Gasteiger partial charge in [-0.1, -0.05) is 31.9 Å². The Morgan fingerprint density at radius 3 is 1.33 bits per heavy atom. The summed E-state index contributed by atoms with van der Waals surface area (Å²) in [6.07, 6.45) is -9.96. The van der Waals surface area contributed by atoms with Crippen LogP contribution in [0.1, 0.15) is 22.3 Å². The van der Waals surface area contributed by atoms with E-state index in [4.69, 9.17) is 0 Å². The van der Waals surface area contributed by atoms with E-state index in [1.165, 1.54) is 0 Å². The molecule has 0 aromatic heterocycles. The highest BCUT2D eigenvalue weighted by Gasteiger charge is 2.37. The van der Waals surface area contributed by atoms with Gasteiger partial charge in [0.05, 0.1) is 21.0 Å². The molecule has 0 aliphatic carbocycles. The highest BCUT2D eigenvalue weighted by Crippen LogP contribution is 2.40. The zero-order valence-electron chi connectivity index (χ0n) is 16.1. The lowest BCUT2D eigenvalue weighted by molar-refractivity contribution is -0.385. The van der Waals surface area contributed by atoms with Crippen LogP contribution in [0.4, 0.5) is 37.7 Å². The molecule has 2 aromatic rings. The van der Waals surface area contributed by atoms with E-state index in [1.807, 2.05) is 0 Å². The van der Waals surface area contributed by atoms with Gasteiger partial charge in [0.25, 0.3) is 11.4 Å². The Hall–Kier alpha value is -1.87. The lowest BCUT2D eigenvalue weighted by atomic mass is 10.0. The van der Waals surface area contributed by atoms with E-state index in [9.17, 15) is 46.6 Å². The minimum atomic E-state index is -4.83. The molecule has 0 bridgehead atoms. The van der Waals surface area contributed by atoms with Crippen molar-refractivity contribution in [2.24, 2.45) is 0 Å². The second-order valence-electron chi connectivity index (χ2n) is 6.53. The highest BCUT2D eigenvalue weighted by molar-refractivity contribution is 9.10. The first-order valence-corrected chi connectivity index (χ1v) is 11.5. The van der Waals surface area contributed by atoms with Crippen molar-refractivity contribution in [2.45, 2.75) is 25.2 Å². The maximum absolute atomic E-state index is 13.3. The predicted octanol–water partition coefficient (Wildman–Crippen LogP) is 7.58. The van der Waals surface area contributed by atoms with Gasteiger partial charge in [-0.3, -0.25) is 20.2 Å². The zero-order chi connectivity index (χ0) is 25.1. The fourth-order valence-electron chi connectivity index (χ4n) is 2.92. The lowest BCUT2D eigenvalue weighted by Gasteiger charge is -2.15. The van der Waals surface area contributed by atoms with Gasteiger partial charge < -0.3 is 0 Å². The second-order valence-corrected chi connectivity index (χ2v) is 9.46. The summed E-state index contributed by atoms with van der Waals surface area (Å²) in [5.74, 6) is 0.177. The van der Waals surface area contributed by atoms with E-state index in [2.05, 4.69) is 31.9 Å². The first-order valence-electron chi connectivity index (χ1n) is 8.78. The van der Waals surface area contributed by atoms with Crippen LogP contribution in [-0.4, -0.2) is 21.4 Å². The summed E-state index contributed by atoms with van der Waals surface area (Å²) in [4.78, 5) is 19.8. The van der Waals surface area contributed by atoms with Crippen LogP contribution in [0.15, 0.2) is 33.2 Å². The predicted molar refractivity (Wildman–Crippen MR) is 116 cm³/mol. The Morgan fingerprint density at radius 2 is 1.06 bits per heavy atom. The summed E-state index contributed by atoms with van der Waals surface area (Å²) in [7, 11) is 0. The molecular weight excluding hydrogens is 614 g/mol. The molecule has 0 atom stereocenters. The van der Waals surface area contributed by atoms with Gasteiger partial charge in [0.1, 0.15) is 0 Å². The quantitative estimate of drug-likeness (QED) is 0.131. The fraction of sp³-hybridized carbons (Fsp3) is 0.333. The number of thioether (sulfide) groups is 1. The van der Waals surface area contributed by atoms with Crippen LogP contribution in [0, 0.1) is 20.2 Å². The number of nitro benzene ring substituents is 2. The van der Waals surface area contributed by atoms with Crippen LogP contribution in [0.25, 0.3) is 0 Å². The lowest BCUT2D eigenvalue weighted by Crippen LogP contribution is -2.12. The third-order valence-corrected chi connectivity index (χ3v) is 6.79. The minimum absolute atomic E-state index is 0.0887. The molecule has 0 N–H and O–H groups in total. The third kappa shape index (κ3) is 7.06. The van der Waals surface area contributed by atoms with Crippen LogP contribution < -0.4 is 0 Å². The topological polar surface area (TPSA) is 86.3 Å². The van der Waals surface area contributed by atoms with Crippen molar-refractivity contribution in [3.8, 4) is 0 Å². The van der Waals surface area contributed by atoms with Gasteiger partial charge in [0.15, 0.2) is 0 Å². The monoisotopic (exact) mass is 624 g/mol. The second kappa shape index (κ2) is 10.6. The van der Waals surface area contributed by atoms with E-state index in [-0.39, 0.29) is 44.4 Å². The van der Waals surface area contributed by atoms with Gasteiger partial charge in [-0.25, -0.2) is 0 Å². The summed E-state index contributed by atoms with van der Waals surface area (Å²) in [6, 6.07) is 2.79. The van der Waals surface area contributed by atoms with E-state index >= 15 is 0 Å². The molecule has 2 rings (SSSR count). The largest absolute Gasteiger partial charge is 0.416 e. The first kappa shape index (κ1) is 27.4. The van der Waals surface area contributed by atoms with Crippen molar-refractivity contribution in [2.75, 3.05) is 11.5 Å². The van der Waals surface area contributed by atoms with E-state index in [0.717, 1.165) is 23.9 Å². The van der Waals surface area contributed by atoms with Crippen molar-refractivity contribution < 1.29 is 36.2 Å². The Bertz CT molecular complexity index is 996. The molecule has 6 nitrogen and oxygen atoms in total. The van der Waals surface area contributed by atoms with Gasteiger partial charge in [-0.05, 0) is 35.5 Å². The Labute approximate surface area is 203 Å². The molecule has 0 unspecified atom stereocenters. The molecule has 0 radical (unpaired) electrons. The van der Waals surface area contributed by atoms with E-state index in [1.54, 1.807) is 0 Å². The molecule has 33 heavy (non-hydrogen) atoms. The molecule has 15 heteroatoms. The molecule has 2 aromatic carbocycles. The maximum atomic E-state index is 13.3. The zero-order valence-corrected chi connectivity index (χ0v) is 20.1. The molecule has 0 amide bonds. The summed E-state index contributed by atoms with van der Waals surface area (Å²) >= 11 is 6.92. The molecule has 0 aliphatic heterocycles. The molecule has 0 aliphatic rings. The maximum Gasteiger partial charge on any atom is 0.416 e. The molecule has 0 saturated heterocycles. The third-order valence-electron chi connectivity index (χ3n) is 4.39. The summed E-state index contributed by atoms with van der Waals surface area (Å²) in [6.45, 7) is 0. The first-order chi connectivity index (χ1) is 15.1. The smallest absolute Gasteiger partial charge is 0.258 e.